The van der Waals surface area contributed by atoms with Crippen LogP contribution in [0.15, 0.2) is 24.3 Å². The molecule has 1 fully saturated rings. The van der Waals surface area contributed by atoms with E-state index in [1.54, 1.807) is 0 Å². The first-order valence-electron chi connectivity index (χ1n) is 6.62. The van der Waals surface area contributed by atoms with Crippen LogP contribution in [0.2, 0.25) is 0 Å². The molecule has 0 saturated carbocycles. The quantitative estimate of drug-likeness (QED) is 0.841. The number of hydrogen-bond acceptors (Lipinski definition) is 4. The van der Waals surface area contributed by atoms with Gasteiger partial charge in [-0.05, 0) is 30.7 Å². The molecule has 19 heavy (non-hydrogen) atoms. The van der Waals surface area contributed by atoms with Crippen molar-refractivity contribution in [3.05, 3.63) is 35.6 Å². The summed E-state index contributed by atoms with van der Waals surface area (Å²) in [5.74, 6) is -0.754. The number of benzene rings is 1. The summed E-state index contributed by atoms with van der Waals surface area (Å²) in [6, 6.07) is 5.43. The summed E-state index contributed by atoms with van der Waals surface area (Å²) in [4.78, 5) is 14.1. The molecule has 4 nitrogen and oxygen atoms in total. The van der Waals surface area contributed by atoms with Crippen molar-refractivity contribution in [2.75, 3.05) is 26.2 Å². The predicted molar refractivity (Wildman–Crippen MR) is 70.3 cm³/mol. The maximum absolute atomic E-state index is 12.8. The molecule has 104 valence electrons. The Balaban J connectivity index is 1.97. The first kappa shape index (κ1) is 14.0. The number of halogens is 1. The molecule has 0 radical (unpaired) electrons. The van der Waals surface area contributed by atoms with E-state index in [0.717, 1.165) is 32.6 Å². The highest BCUT2D eigenvalue weighted by atomic mass is 19.1. The van der Waals surface area contributed by atoms with Crippen LogP contribution in [0.25, 0.3) is 0 Å². The lowest BCUT2D eigenvalue weighted by Crippen LogP contribution is -2.49. The summed E-state index contributed by atoms with van der Waals surface area (Å²) in [5.41, 5.74) is 0.384. The van der Waals surface area contributed by atoms with Crippen molar-refractivity contribution < 1.29 is 13.9 Å². The molecule has 1 aromatic carbocycles. The van der Waals surface area contributed by atoms with Crippen molar-refractivity contribution in [3.63, 3.8) is 0 Å². The van der Waals surface area contributed by atoms with Crippen LogP contribution in [-0.4, -0.2) is 43.3 Å². The molecule has 1 aromatic rings. The number of nitrogens with one attached hydrogen (secondary N) is 1. The van der Waals surface area contributed by atoms with Crippen molar-refractivity contribution in [1.82, 2.24) is 10.2 Å². The molecule has 0 bridgehead atoms. The van der Waals surface area contributed by atoms with Crippen molar-refractivity contribution in [3.8, 4) is 0 Å². The average molecular weight is 266 g/mol. The van der Waals surface area contributed by atoms with Gasteiger partial charge in [0.1, 0.15) is 5.82 Å². The molecule has 2 rings (SSSR count). The Morgan fingerprint density at radius 2 is 2.00 bits per heavy atom. The molecule has 1 N–H and O–H groups in total. The lowest BCUT2D eigenvalue weighted by Gasteiger charge is -2.33. The Morgan fingerprint density at radius 3 is 2.58 bits per heavy atom. The van der Waals surface area contributed by atoms with Gasteiger partial charge in [-0.15, -0.1) is 0 Å². The highest BCUT2D eigenvalue weighted by molar-refractivity contribution is 5.89. The number of carbonyl (C=O) groups is 1. The summed E-state index contributed by atoms with van der Waals surface area (Å²) in [7, 11) is 0. The third-order valence-electron chi connectivity index (χ3n) is 3.23. The van der Waals surface area contributed by atoms with Gasteiger partial charge in [-0.2, -0.15) is 0 Å². The molecule has 0 aliphatic carbocycles. The molecule has 1 unspecified atom stereocenters. The first-order chi connectivity index (χ1) is 9.20. The standard InChI is InChI=1S/C14H19FN2O2/c1-2-13(17-9-7-16-8-10-17)19-14(18)11-3-5-12(15)6-4-11/h3-6,13,16H,2,7-10H2,1H3. The second kappa shape index (κ2) is 6.63. The van der Waals surface area contributed by atoms with Gasteiger partial charge < -0.3 is 10.1 Å². The number of rotatable bonds is 4. The fourth-order valence-electron chi connectivity index (χ4n) is 2.16. The SMILES string of the molecule is CCC(OC(=O)c1ccc(F)cc1)N1CCNCC1. The van der Waals surface area contributed by atoms with Gasteiger partial charge in [0, 0.05) is 26.2 Å². The van der Waals surface area contributed by atoms with E-state index in [2.05, 4.69) is 10.2 Å². The maximum Gasteiger partial charge on any atom is 0.339 e. The second-order valence-corrected chi connectivity index (χ2v) is 4.56. The topological polar surface area (TPSA) is 41.6 Å². The third-order valence-corrected chi connectivity index (χ3v) is 3.23. The minimum absolute atomic E-state index is 0.209. The summed E-state index contributed by atoms with van der Waals surface area (Å²) >= 11 is 0. The number of ether oxygens (including phenoxy) is 1. The Hall–Kier alpha value is -1.46. The number of esters is 1. The molecule has 1 aliphatic heterocycles. The average Bonchev–Trinajstić information content (AvgIpc) is 2.46. The van der Waals surface area contributed by atoms with Crippen LogP contribution in [0.4, 0.5) is 4.39 Å². The Kier molecular flexibility index (Phi) is 4.87. The number of piperazine rings is 1. The van der Waals surface area contributed by atoms with Gasteiger partial charge in [-0.1, -0.05) is 6.92 Å². The monoisotopic (exact) mass is 266 g/mol. The van der Waals surface area contributed by atoms with Gasteiger partial charge in [0.15, 0.2) is 6.23 Å². The molecule has 5 heteroatoms. The maximum atomic E-state index is 12.8. The minimum Gasteiger partial charge on any atom is -0.443 e. The minimum atomic E-state index is -0.398. The zero-order chi connectivity index (χ0) is 13.7. The van der Waals surface area contributed by atoms with E-state index >= 15 is 0 Å². The lowest BCUT2D eigenvalue weighted by atomic mass is 10.2. The van der Waals surface area contributed by atoms with Crippen LogP contribution in [0, 0.1) is 5.82 Å². The normalized spacial score (nSPS) is 18.0. The summed E-state index contributed by atoms with van der Waals surface area (Å²) in [5, 5.41) is 3.26. The molecular formula is C14H19FN2O2. The predicted octanol–water partition coefficient (Wildman–Crippen LogP) is 1.62. The fraction of sp³-hybridized carbons (Fsp3) is 0.500. The molecule has 1 saturated heterocycles. The van der Waals surface area contributed by atoms with Crippen molar-refractivity contribution >= 4 is 5.97 Å². The van der Waals surface area contributed by atoms with E-state index in [9.17, 15) is 9.18 Å². The van der Waals surface area contributed by atoms with Gasteiger partial charge >= 0.3 is 5.97 Å². The Morgan fingerprint density at radius 1 is 1.37 bits per heavy atom. The van der Waals surface area contributed by atoms with E-state index in [-0.39, 0.29) is 12.0 Å². The van der Waals surface area contributed by atoms with Crippen LogP contribution in [0.5, 0.6) is 0 Å². The van der Waals surface area contributed by atoms with E-state index in [0.29, 0.717) is 5.56 Å². The number of carbonyl (C=O) groups excluding carboxylic acids is 1. The van der Waals surface area contributed by atoms with Crippen molar-refractivity contribution in [2.24, 2.45) is 0 Å². The molecule has 1 aliphatic rings. The lowest BCUT2D eigenvalue weighted by molar-refractivity contribution is -0.0384. The fourth-order valence-corrected chi connectivity index (χ4v) is 2.16. The number of hydrogen-bond donors (Lipinski definition) is 1. The second-order valence-electron chi connectivity index (χ2n) is 4.56. The van der Waals surface area contributed by atoms with Crippen LogP contribution < -0.4 is 5.32 Å². The van der Waals surface area contributed by atoms with Crippen molar-refractivity contribution in [1.29, 1.82) is 0 Å². The molecule has 0 amide bonds. The smallest absolute Gasteiger partial charge is 0.339 e. The van der Waals surface area contributed by atoms with Crippen LogP contribution in [0.3, 0.4) is 0 Å². The van der Waals surface area contributed by atoms with Crippen LogP contribution >= 0.6 is 0 Å². The van der Waals surface area contributed by atoms with E-state index < -0.39 is 5.97 Å². The summed E-state index contributed by atoms with van der Waals surface area (Å²) in [6.45, 7) is 5.55. The van der Waals surface area contributed by atoms with Gasteiger partial charge in [0.05, 0.1) is 5.56 Å². The molecule has 1 atom stereocenters. The van der Waals surface area contributed by atoms with Crippen LogP contribution in [-0.2, 0) is 4.74 Å². The Labute approximate surface area is 112 Å². The third kappa shape index (κ3) is 3.75. The largest absolute Gasteiger partial charge is 0.443 e. The highest BCUT2D eigenvalue weighted by Gasteiger charge is 2.22. The van der Waals surface area contributed by atoms with Crippen LogP contribution in [0.1, 0.15) is 23.7 Å². The summed E-state index contributed by atoms with van der Waals surface area (Å²) < 4.78 is 18.3. The van der Waals surface area contributed by atoms with Gasteiger partial charge in [0.2, 0.25) is 0 Å². The summed E-state index contributed by atoms with van der Waals surface area (Å²) in [6.07, 6.45) is 0.534. The molecule has 0 spiro atoms. The molecule has 0 aromatic heterocycles. The van der Waals surface area contributed by atoms with Crippen molar-refractivity contribution in [2.45, 2.75) is 19.6 Å². The number of nitrogens with zero attached hydrogens (tertiary/aromatic N) is 1. The first-order valence-corrected chi connectivity index (χ1v) is 6.62. The van der Waals surface area contributed by atoms with Gasteiger partial charge in [-0.25, -0.2) is 9.18 Å². The Bertz CT molecular complexity index is 416. The molecular weight excluding hydrogens is 247 g/mol. The highest BCUT2D eigenvalue weighted by Crippen LogP contribution is 2.12. The zero-order valence-corrected chi connectivity index (χ0v) is 11.1. The van der Waals surface area contributed by atoms with E-state index in [1.807, 2.05) is 6.92 Å². The van der Waals surface area contributed by atoms with E-state index in [1.165, 1.54) is 24.3 Å². The molecule has 1 heterocycles. The van der Waals surface area contributed by atoms with E-state index in [4.69, 9.17) is 4.74 Å². The zero-order valence-electron chi connectivity index (χ0n) is 11.1. The van der Waals surface area contributed by atoms with Gasteiger partial charge in [0.25, 0.3) is 0 Å². The van der Waals surface area contributed by atoms with Gasteiger partial charge in [-0.3, -0.25) is 4.90 Å².